The highest BCUT2D eigenvalue weighted by atomic mass is 16.5. The number of methoxy groups -OCH3 is 1. The monoisotopic (exact) mass is 379 g/mol. The van der Waals surface area contributed by atoms with Crippen molar-refractivity contribution in [1.29, 1.82) is 0 Å². The van der Waals surface area contributed by atoms with E-state index in [1.54, 1.807) is 20.2 Å². The summed E-state index contributed by atoms with van der Waals surface area (Å²) in [5.74, 6) is 1.67. The third-order valence-corrected chi connectivity index (χ3v) is 5.34. The number of anilines is 2. The molecule has 0 amide bonds. The number of piperidine rings is 1. The number of fused-ring (bicyclic) bond motifs is 1. The van der Waals surface area contributed by atoms with Crippen LogP contribution in [0.25, 0.3) is 10.9 Å². The van der Waals surface area contributed by atoms with Crippen LogP contribution >= 0.6 is 0 Å². The second-order valence-corrected chi connectivity index (χ2v) is 7.12. The van der Waals surface area contributed by atoms with Gasteiger partial charge in [-0.15, -0.1) is 0 Å². The molecule has 3 aromatic rings. The average molecular weight is 379 g/mol. The molecular weight excluding hydrogens is 354 g/mol. The minimum Gasteiger partial charge on any atom is -0.497 e. The Hall–Kier alpha value is -3.09. The molecule has 4 rings (SSSR count). The van der Waals surface area contributed by atoms with Crippen LogP contribution in [-0.4, -0.2) is 41.0 Å². The number of nitrogens with zero attached hydrogens (tertiary/aromatic N) is 4. The van der Waals surface area contributed by atoms with Gasteiger partial charge in [0.1, 0.15) is 11.6 Å². The predicted molar refractivity (Wildman–Crippen MR) is 111 cm³/mol. The zero-order valence-corrected chi connectivity index (χ0v) is 16.3. The summed E-state index contributed by atoms with van der Waals surface area (Å²) in [6.45, 7) is 1.74. The van der Waals surface area contributed by atoms with Crippen molar-refractivity contribution in [3.63, 3.8) is 0 Å². The van der Waals surface area contributed by atoms with Crippen molar-refractivity contribution >= 4 is 22.4 Å². The molecule has 1 aromatic carbocycles. The molecule has 7 heteroatoms. The molecule has 0 radical (unpaired) electrons. The van der Waals surface area contributed by atoms with Gasteiger partial charge in [0.2, 0.25) is 0 Å². The molecule has 2 aromatic heterocycles. The van der Waals surface area contributed by atoms with E-state index in [4.69, 9.17) is 4.74 Å². The molecule has 0 saturated carbocycles. The van der Waals surface area contributed by atoms with Crippen molar-refractivity contribution in [1.82, 2.24) is 14.8 Å². The van der Waals surface area contributed by atoms with Gasteiger partial charge in [-0.25, -0.2) is 4.68 Å². The lowest BCUT2D eigenvalue weighted by Gasteiger charge is -2.37. The van der Waals surface area contributed by atoms with Crippen LogP contribution in [0, 0.1) is 0 Å². The van der Waals surface area contributed by atoms with Crippen LogP contribution in [0.4, 0.5) is 11.5 Å². The van der Waals surface area contributed by atoms with Gasteiger partial charge in [0, 0.05) is 49.5 Å². The van der Waals surface area contributed by atoms with E-state index in [0.717, 1.165) is 54.1 Å². The smallest absolute Gasteiger partial charge is 0.266 e. The van der Waals surface area contributed by atoms with E-state index in [2.05, 4.69) is 20.3 Å². The molecule has 0 spiro atoms. The van der Waals surface area contributed by atoms with Gasteiger partial charge in [-0.1, -0.05) is 0 Å². The van der Waals surface area contributed by atoms with Crippen molar-refractivity contribution in [2.75, 3.05) is 30.4 Å². The van der Waals surface area contributed by atoms with E-state index in [1.165, 1.54) is 11.1 Å². The fourth-order valence-electron chi connectivity index (χ4n) is 3.79. The van der Waals surface area contributed by atoms with Crippen LogP contribution in [-0.2, 0) is 7.05 Å². The fraction of sp³-hybridized carbons (Fsp3) is 0.381. The van der Waals surface area contributed by atoms with Crippen LogP contribution < -0.4 is 20.5 Å². The maximum Gasteiger partial charge on any atom is 0.266 e. The van der Waals surface area contributed by atoms with Crippen LogP contribution in [0.5, 0.6) is 5.75 Å². The van der Waals surface area contributed by atoms with Gasteiger partial charge in [-0.2, -0.15) is 5.10 Å². The summed E-state index contributed by atoms with van der Waals surface area (Å²) in [5.41, 5.74) is 1.89. The molecule has 1 N–H and O–H groups in total. The summed E-state index contributed by atoms with van der Waals surface area (Å²) < 4.78 is 6.77. The van der Waals surface area contributed by atoms with E-state index in [-0.39, 0.29) is 5.56 Å². The van der Waals surface area contributed by atoms with Gasteiger partial charge in [0.05, 0.1) is 12.6 Å². The SMILES string of the molecule is COc1ccc2nccc(NCC3CCCCN3c3ccc(=O)n(C)n3)c2c1. The Morgan fingerprint density at radius 2 is 2.11 bits per heavy atom. The number of pyridine rings is 1. The van der Waals surface area contributed by atoms with Gasteiger partial charge >= 0.3 is 0 Å². The Labute approximate surface area is 164 Å². The van der Waals surface area contributed by atoms with Crippen molar-refractivity contribution in [3.8, 4) is 5.75 Å². The molecule has 1 saturated heterocycles. The number of hydrogen-bond donors (Lipinski definition) is 1. The summed E-state index contributed by atoms with van der Waals surface area (Å²) in [7, 11) is 3.37. The maximum absolute atomic E-state index is 11.7. The lowest BCUT2D eigenvalue weighted by molar-refractivity contribution is 0.415. The Morgan fingerprint density at radius 1 is 1.21 bits per heavy atom. The maximum atomic E-state index is 11.7. The second-order valence-electron chi connectivity index (χ2n) is 7.12. The lowest BCUT2D eigenvalue weighted by atomic mass is 10.0. The Morgan fingerprint density at radius 3 is 2.93 bits per heavy atom. The van der Waals surface area contributed by atoms with Gasteiger partial charge < -0.3 is 15.0 Å². The average Bonchev–Trinajstić information content (AvgIpc) is 2.74. The Bertz CT molecular complexity index is 1030. The highest BCUT2D eigenvalue weighted by Gasteiger charge is 2.24. The fourth-order valence-corrected chi connectivity index (χ4v) is 3.79. The van der Waals surface area contributed by atoms with Crippen LogP contribution in [0.1, 0.15) is 19.3 Å². The summed E-state index contributed by atoms with van der Waals surface area (Å²) in [6, 6.07) is 11.6. The third kappa shape index (κ3) is 3.65. The minimum atomic E-state index is -0.0902. The standard InChI is InChI=1S/C21H25N5O2/c1-25-21(27)9-8-20(24-25)26-12-4-3-5-15(26)14-23-19-10-11-22-18-7-6-16(28-2)13-17(18)19/h6-11,13,15H,3-5,12,14H2,1-2H3,(H,22,23). The first kappa shape index (κ1) is 18.3. The topological polar surface area (TPSA) is 72.3 Å². The van der Waals surface area contributed by atoms with E-state index in [9.17, 15) is 4.79 Å². The third-order valence-electron chi connectivity index (χ3n) is 5.34. The van der Waals surface area contributed by atoms with Gasteiger partial charge in [0.15, 0.2) is 0 Å². The number of aryl methyl sites for hydroxylation is 1. The molecule has 1 atom stereocenters. The quantitative estimate of drug-likeness (QED) is 0.735. The number of aromatic nitrogens is 3. The predicted octanol–water partition coefficient (Wildman–Crippen LogP) is 2.81. The molecule has 0 bridgehead atoms. The summed E-state index contributed by atoms with van der Waals surface area (Å²) >= 11 is 0. The molecule has 146 valence electrons. The summed E-state index contributed by atoms with van der Waals surface area (Å²) in [6.07, 6.45) is 5.24. The molecule has 1 unspecified atom stereocenters. The molecule has 1 fully saturated rings. The number of nitrogens with one attached hydrogen (secondary N) is 1. The van der Waals surface area contributed by atoms with Crippen molar-refractivity contribution in [2.45, 2.75) is 25.3 Å². The normalized spacial score (nSPS) is 16.9. The highest BCUT2D eigenvalue weighted by molar-refractivity contribution is 5.92. The van der Waals surface area contributed by atoms with Gasteiger partial charge in [-0.3, -0.25) is 9.78 Å². The van der Waals surface area contributed by atoms with Crippen molar-refractivity contribution < 1.29 is 4.74 Å². The minimum absolute atomic E-state index is 0.0902. The van der Waals surface area contributed by atoms with Crippen LogP contribution in [0.3, 0.4) is 0 Å². The second kappa shape index (κ2) is 7.88. The first-order valence-electron chi connectivity index (χ1n) is 9.63. The zero-order valence-electron chi connectivity index (χ0n) is 16.3. The van der Waals surface area contributed by atoms with E-state index < -0.39 is 0 Å². The van der Waals surface area contributed by atoms with Crippen molar-refractivity contribution in [2.24, 2.45) is 7.05 Å². The number of benzene rings is 1. The summed E-state index contributed by atoms with van der Waals surface area (Å²) in [4.78, 5) is 18.4. The highest BCUT2D eigenvalue weighted by Crippen LogP contribution is 2.27. The molecule has 7 nitrogen and oxygen atoms in total. The molecule has 1 aliphatic rings. The molecule has 1 aliphatic heterocycles. The van der Waals surface area contributed by atoms with Gasteiger partial charge in [0.25, 0.3) is 5.56 Å². The first-order valence-corrected chi connectivity index (χ1v) is 9.63. The summed E-state index contributed by atoms with van der Waals surface area (Å²) in [5, 5.41) is 9.10. The van der Waals surface area contributed by atoms with Crippen LogP contribution in [0.2, 0.25) is 0 Å². The Kier molecular flexibility index (Phi) is 5.14. The van der Waals surface area contributed by atoms with E-state index in [0.29, 0.717) is 6.04 Å². The van der Waals surface area contributed by atoms with Gasteiger partial charge in [-0.05, 0) is 49.6 Å². The lowest BCUT2D eigenvalue weighted by Crippen LogP contribution is -2.44. The number of ether oxygens (including phenoxy) is 1. The number of hydrogen-bond acceptors (Lipinski definition) is 6. The largest absolute Gasteiger partial charge is 0.497 e. The van der Waals surface area contributed by atoms with Crippen molar-refractivity contribution in [3.05, 3.63) is 52.9 Å². The molecule has 28 heavy (non-hydrogen) atoms. The van der Waals surface area contributed by atoms with E-state index >= 15 is 0 Å². The Balaban J connectivity index is 1.56. The number of rotatable bonds is 5. The molecular formula is C21H25N5O2. The molecule has 0 aliphatic carbocycles. The molecule has 3 heterocycles. The van der Waals surface area contributed by atoms with Crippen LogP contribution in [0.15, 0.2) is 47.4 Å². The zero-order chi connectivity index (χ0) is 19.5. The first-order chi connectivity index (χ1) is 13.7. The van der Waals surface area contributed by atoms with E-state index in [1.807, 2.05) is 36.5 Å².